The molecule has 5 heterocycles. The van der Waals surface area contributed by atoms with E-state index >= 15 is 0 Å². The Bertz CT molecular complexity index is 3410. The number of fused-ring (bicyclic) bond motifs is 5. The lowest BCUT2D eigenvalue weighted by Gasteiger charge is -2.34. The van der Waals surface area contributed by atoms with Crippen LogP contribution in [0.15, 0.2) is 128 Å². The Kier molecular flexibility index (Phi) is 7.97. The molecule has 1 atom stereocenters. The average molecular weight is 844 g/mol. The molecule has 320 valence electrons. The Hall–Kier alpha value is -6.26. The summed E-state index contributed by atoms with van der Waals surface area (Å²) in [7, 11) is 0. The van der Waals surface area contributed by atoms with E-state index in [1.165, 1.54) is 11.1 Å². The van der Waals surface area contributed by atoms with Gasteiger partial charge in [-0.1, -0.05) is 148 Å². The Morgan fingerprint density at radius 2 is 1.25 bits per heavy atom. The molecular formula is C60H61N3O+2. The Labute approximate surface area is 385 Å². The lowest BCUT2D eigenvalue weighted by Crippen LogP contribution is -2.78. The third-order valence-electron chi connectivity index (χ3n) is 14.0. The van der Waals surface area contributed by atoms with Crippen LogP contribution in [0, 0.1) is 6.92 Å². The predicted octanol–water partition coefficient (Wildman–Crippen LogP) is 14.9. The number of rotatable bonds is 7. The summed E-state index contributed by atoms with van der Waals surface area (Å²) in [4.78, 5) is 0. The second-order valence-corrected chi connectivity index (χ2v) is 20.3. The minimum Gasteiger partial charge on any atom is -0.392 e. The number of benzene rings is 6. The first-order valence-electron chi connectivity index (χ1n) is 24.8. The van der Waals surface area contributed by atoms with Crippen LogP contribution in [0.25, 0.3) is 72.7 Å². The third-order valence-corrected chi connectivity index (χ3v) is 14.0. The summed E-state index contributed by atoms with van der Waals surface area (Å²) in [6.45, 7) is 24.3. The molecule has 1 unspecified atom stereocenters. The van der Waals surface area contributed by atoms with Crippen LogP contribution in [0.5, 0.6) is 5.75 Å². The van der Waals surface area contributed by atoms with E-state index in [1.807, 2.05) is 79.7 Å². The summed E-state index contributed by atoms with van der Waals surface area (Å²) in [6, 6.07) is 43.5. The topological polar surface area (TPSA) is 21.9 Å². The number of hydrogen-bond acceptors (Lipinski definition) is 1. The van der Waals surface area contributed by atoms with Crippen molar-refractivity contribution in [3.8, 4) is 67.5 Å². The molecule has 11 rings (SSSR count). The molecule has 6 aromatic carbocycles. The molecule has 4 nitrogen and oxygen atoms in total. The molecule has 0 fully saturated rings. The van der Waals surface area contributed by atoms with Crippen LogP contribution in [-0.2, 0) is 11.3 Å². The number of nitrogens with zero attached hydrogens (tertiary/aromatic N) is 3. The van der Waals surface area contributed by atoms with Gasteiger partial charge >= 0.3 is 11.7 Å². The van der Waals surface area contributed by atoms with Gasteiger partial charge < -0.3 is 4.74 Å². The van der Waals surface area contributed by atoms with Gasteiger partial charge in [0.2, 0.25) is 5.69 Å². The van der Waals surface area contributed by atoms with Crippen molar-refractivity contribution in [2.45, 2.75) is 118 Å². The highest BCUT2D eigenvalue weighted by Gasteiger charge is 2.69. The van der Waals surface area contributed by atoms with Crippen molar-refractivity contribution < 1.29 is 19.4 Å². The predicted molar refractivity (Wildman–Crippen MR) is 264 cm³/mol. The molecule has 1 spiro atoms. The van der Waals surface area contributed by atoms with Gasteiger partial charge in [0, 0.05) is 28.7 Å². The van der Waals surface area contributed by atoms with E-state index in [2.05, 4.69) is 145 Å². The van der Waals surface area contributed by atoms with Crippen LogP contribution in [0.3, 0.4) is 0 Å². The molecule has 0 aliphatic carbocycles. The zero-order valence-electron chi connectivity index (χ0n) is 43.4. The molecule has 0 saturated heterocycles. The Morgan fingerprint density at radius 1 is 0.609 bits per heavy atom. The number of pyridine rings is 1. The molecule has 8 aromatic rings. The number of imidazole rings is 1. The van der Waals surface area contributed by atoms with Crippen LogP contribution in [0.4, 0.5) is 0 Å². The molecule has 0 N–H and O–H groups in total. The van der Waals surface area contributed by atoms with E-state index in [0.29, 0.717) is 5.75 Å². The minimum atomic E-state index is -1.23. The summed E-state index contributed by atoms with van der Waals surface area (Å²) in [6.07, 6.45) is 2.20. The molecule has 0 saturated carbocycles. The van der Waals surface area contributed by atoms with Crippen molar-refractivity contribution in [2.75, 3.05) is 0 Å². The average Bonchev–Trinajstić information content (AvgIpc) is 3.76. The first-order chi connectivity index (χ1) is 31.8. The van der Waals surface area contributed by atoms with Crippen molar-refractivity contribution in [2.24, 2.45) is 0 Å². The van der Waals surface area contributed by atoms with E-state index in [4.69, 9.17) is 4.74 Å². The summed E-state index contributed by atoms with van der Waals surface area (Å²) in [5.74, 6) is -3.54. The number of para-hydroxylation sites is 1. The number of aryl methyl sites for hydroxylation is 1. The van der Waals surface area contributed by atoms with Crippen LogP contribution in [0.1, 0.15) is 144 Å². The summed E-state index contributed by atoms with van der Waals surface area (Å²) >= 11 is 0. The highest BCUT2D eigenvalue weighted by atomic mass is 16.5. The molecule has 3 aliphatic heterocycles. The van der Waals surface area contributed by atoms with Gasteiger partial charge in [-0.05, 0) is 128 Å². The first kappa shape index (κ1) is 36.1. The van der Waals surface area contributed by atoms with Gasteiger partial charge in [-0.3, -0.25) is 0 Å². The summed E-state index contributed by atoms with van der Waals surface area (Å²) in [5.41, 5.74) is 19.0. The zero-order chi connectivity index (χ0) is 48.4. The minimum absolute atomic E-state index is 0.161. The highest BCUT2D eigenvalue weighted by molar-refractivity contribution is 5.98. The fraction of sp³-hybridized carbons (Fsp3) is 0.300. The van der Waals surface area contributed by atoms with Gasteiger partial charge in [-0.15, -0.1) is 9.13 Å². The Morgan fingerprint density at radius 3 is 1.89 bits per heavy atom. The quantitative estimate of drug-likeness (QED) is 0.147. The van der Waals surface area contributed by atoms with Crippen molar-refractivity contribution in [1.29, 1.82) is 0 Å². The maximum Gasteiger partial charge on any atom is 0.499 e. The summed E-state index contributed by atoms with van der Waals surface area (Å²) < 4.78 is 52.6. The molecular weight excluding hydrogens is 779 g/mol. The third kappa shape index (κ3) is 5.66. The van der Waals surface area contributed by atoms with Crippen LogP contribution in [0.2, 0.25) is 0 Å². The molecule has 0 radical (unpaired) electrons. The van der Waals surface area contributed by atoms with Gasteiger partial charge in [-0.2, -0.15) is 4.57 Å². The number of hydrogen-bond donors (Lipinski definition) is 0. The monoisotopic (exact) mass is 844 g/mol. The van der Waals surface area contributed by atoms with E-state index in [9.17, 15) is 5.48 Å². The second-order valence-electron chi connectivity index (χ2n) is 20.3. The smallest absolute Gasteiger partial charge is 0.392 e. The van der Waals surface area contributed by atoms with Crippen LogP contribution >= 0.6 is 0 Å². The Balaban J connectivity index is 1.29. The zero-order valence-corrected chi connectivity index (χ0v) is 39.4. The van der Waals surface area contributed by atoms with Crippen molar-refractivity contribution in [1.82, 2.24) is 4.57 Å². The van der Waals surface area contributed by atoms with E-state index in [0.717, 1.165) is 101 Å². The molecule has 0 amide bonds. The largest absolute Gasteiger partial charge is 0.499 e. The van der Waals surface area contributed by atoms with Crippen molar-refractivity contribution >= 4 is 11.0 Å². The summed E-state index contributed by atoms with van der Waals surface area (Å²) in [5, 5.41) is 0. The SMILES string of the molecule is [2H]C(C)(C)c1cc2c(c(C([2H])(C)C)c1)OC13c4c(cc(C(C)(C)C)cc4-c4cc(-c5ccc(C)cc5)cc[n+]41)-c1cccc4c1[n+]3c-2n4-c1ccc(-c2c(C([2H])(C)C)cccc2C([2H])(C)C)cc1. The standard InChI is InChI=1S/C60H61N3O/c1-34(2)42-29-48(37(7)8)57-51(30-42)58-62(44-25-23-40(24-26-44)54-45(35(3)4)15-13-16-46(54)36(5)6)52-18-14-17-47-49-32-43(59(10,11)12)33-50-53-31-41(39-21-19-38(9)20-22-39)27-28-61(53)60(64-57,55(49)50)63(58)56(47)52/h13-37H,1-12H3/q+2/i34D,35D,36D,37D. The van der Waals surface area contributed by atoms with Crippen LogP contribution in [-0.4, -0.2) is 4.57 Å². The molecule has 64 heavy (non-hydrogen) atoms. The van der Waals surface area contributed by atoms with Gasteiger partial charge in [0.05, 0.1) is 5.56 Å². The maximum atomic E-state index is 9.76. The van der Waals surface area contributed by atoms with E-state index in [1.54, 1.807) is 0 Å². The fourth-order valence-corrected chi connectivity index (χ4v) is 10.7. The second kappa shape index (κ2) is 14.1. The van der Waals surface area contributed by atoms with Gasteiger partial charge in [0.1, 0.15) is 16.8 Å². The molecule has 4 heteroatoms. The molecule has 3 aliphatic rings. The van der Waals surface area contributed by atoms with Crippen molar-refractivity contribution in [3.63, 3.8) is 0 Å². The molecule has 0 bridgehead atoms. The number of ether oxygens (including phenoxy) is 1. The van der Waals surface area contributed by atoms with Gasteiger partial charge in [0.15, 0.2) is 23.0 Å². The van der Waals surface area contributed by atoms with E-state index in [-0.39, 0.29) is 5.41 Å². The first-order valence-corrected chi connectivity index (χ1v) is 22.8. The van der Waals surface area contributed by atoms with Crippen molar-refractivity contribution in [3.05, 3.63) is 166 Å². The number of aromatic nitrogens is 3. The lowest BCUT2D eigenvalue weighted by atomic mass is 9.80. The lowest BCUT2D eigenvalue weighted by molar-refractivity contribution is -0.997. The normalized spacial score (nSPS) is 17.2. The maximum absolute atomic E-state index is 9.76. The van der Waals surface area contributed by atoms with E-state index < -0.39 is 29.4 Å². The van der Waals surface area contributed by atoms with Crippen LogP contribution < -0.4 is 13.9 Å². The molecule has 2 aromatic heterocycles. The fourth-order valence-electron chi connectivity index (χ4n) is 10.7. The van der Waals surface area contributed by atoms with Gasteiger partial charge in [-0.25, -0.2) is 0 Å². The highest BCUT2D eigenvalue weighted by Crippen LogP contribution is 2.56. The van der Waals surface area contributed by atoms with Gasteiger partial charge in [0.25, 0.3) is 0 Å².